The molecule has 0 spiro atoms. The van der Waals surface area contributed by atoms with Gasteiger partial charge in [0, 0.05) is 5.69 Å². The molecule has 7 heteroatoms. The van der Waals surface area contributed by atoms with Crippen LogP contribution in [0.15, 0.2) is 42.5 Å². The van der Waals surface area contributed by atoms with Crippen molar-refractivity contribution in [3.63, 3.8) is 0 Å². The Morgan fingerprint density at radius 2 is 1.80 bits per heavy atom. The molecule has 2 rings (SSSR count). The topological polar surface area (TPSA) is 90.3 Å². The molecule has 0 heterocycles. The molecular weight excluding hydrogens is 338 g/mol. The van der Waals surface area contributed by atoms with Crippen LogP contribution in [-0.2, 0) is 14.8 Å². The Morgan fingerprint density at radius 3 is 2.32 bits per heavy atom. The molecule has 0 aromatic heterocycles. The van der Waals surface area contributed by atoms with Gasteiger partial charge < -0.3 is 5.32 Å². The van der Waals surface area contributed by atoms with Crippen molar-refractivity contribution in [3.05, 3.63) is 59.2 Å². The largest absolute Gasteiger partial charge is 0.324 e. The number of hydrogen-bond acceptors (Lipinski definition) is 4. The van der Waals surface area contributed by atoms with Crippen LogP contribution < -0.4 is 9.62 Å². The highest BCUT2D eigenvalue weighted by atomic mass is 32.2. The van der Waals surface area contributed by atoms with E-state index in [0.717, 1.165) is 21.7 Å². The highest BCUT2D eigenvalue weighted by molar-refractivity contribution is 7.92. The van der Waals surface area contributed by atoms with Crippen LogP contribution in [0, 0.1) is 25.2 Å². The van der Waals surface area contributed by atoms with Gasteiger partial charge in [0.05, 0.1) is 23.6 Å². The van der Waals surface area contributed by atoms with Crippen molar-refractivity contribution in [2.75, 3.05) is 22.4 Å². The number of sulfonamides is 1. The van der Waals surface area contributed by atoms with E-state index in [-0.39, 0.29) is 6.54 Å². The lowest BCUT2D eigenvalue weighted by molar-refractivity contribution is -0.114. The van der Waals surface area contributed by atoms with Crippen LogP contribution in [0.4, 0.5) is 11.4 Å². The first-order valence-corrected chi connectivity index (χ1v) is 9.40. The van der Waals surface area contributed by atoms with Gasteiger partial charge in [-0.15, -0.1) is 0 Å². The first kappa shape index (κ1) is 18.5. The number of amides is 1. The van der Waals surface area contributed by atoms with Gasteiger partial charge in [0.1, 0.15) is 6.54 Å². The molecule has 25 heavy (non-hydrogen) atoms. The molecule has 0 fully saturated rings. The van der Waals surface area contributed by atoms with Crippen LogP contribution in [0.1, 0.15) is 16.7 Å². The van der Waals surface area contributed by atoms with Gasteiger partial charge in [0.2, 0.25) is 15.9 Å². The summed E-state index contributed by atoms with van der Waals surface area (Å²) in [5.74, 6) is -0.443. The zero-order valence-corrected chi connectivity index (χ0v) is 15.1. The molecule has 2 aromatic rings. The maximum absolute atomic E-state index is 12.3. The van der Waals surface area contributed by atoms with E-state index in [1.165, 1.54) is 24.3 Å². The van der Waals surface area contributed by atoms with Gasteiger partial charge in [-0.3, -0.25) is 9.10 Å². The van der Waals surface area contributed by atoms with Crippen LogP contribution in [0.5, 0.6) is 0 Å². The van der Waals surface area contributed by atoms with Crippen LogP contribution in [0.3, 0.4) is 0 Å². The maximum Gasteiger partial charge on any atom is 0.245 e. The lowest BCUT2D eigenvalue weighted by Crippen LogP contribution is -2.37. The summed E-state index contributed by atoms with van der Waals surface area (Å²) in [5.41, 5.74) is 3.36. The molecule has 0 aliphatic heterocycles. The molecule has 0 unspecified atom stereocenters. The molecule has 130 valence electrons. The Kier molecular flexibility index (Phi) is 5.45. The molecule has 0 saturated heterocycles. The number of rotatable bonds is 5. The standard InChI is InChI=1S/C18H19N3O3S/c1-13-4-9-17(14(2)10-13)20-18(22)12-21(25(3,23)24)16-7-5-15(11-19)6-8-16/h4-10H,12H2,1-3H3,(H,20,22). The molecule has 0 aliphatic rings. The average Bonchev–Trinajstić information content (AvgIpc) is 2.54. The van der Waals surface area contributed by atoms with Crippen molar-refractivity contribution >= 4 is 27.3 Å². The van der Waals surface area contributed by atoms with E-state index in [1.807, 2.05) is 32.0 Å². The number of aryl methyl sites for hydroxylation is 2. The molecule has 0 atom stereocenters. The van der Waals surface area contributed by atoms with Crippen molar-refractivity contribution in [3.8, 4) is 6.07 Å². The van der Waals surface area contributed by atoms with E-state index >= 15 is 0 Å². The number of anilines is 2. The van der Waals surface area contributed by atoms with Crippen molar-refractivity contribution in [2.24, 2.45) is 0 Å². The molecule has 0 radical (unpaired) electrons. The minimum absolute atomic E-state index is 0.331. The second-order valence-electron chi connectivity index (χ2n) is 5.79. The number of carbonyl (C=O) groups is 1. The molecule has 0 saturated carbocycles. The summed E-state index contributed by atoms with van der Waals surface area (Å²) in [6.45, 7) is 3.48. The normalized spacial score (nSPS) is 10.8. The third-order valence-electron chi connectivity index (χ3n) is 3.63. The Labute approximate surface area is 147 Å². The highest BCUT2D eigenvalue weighted by Gasteiger charge is 2.21. The van der Waals surface area contributed by atoms with Crippen LogP contribution >= 0.6 is 0 Å². The van der Waals surface area contributed by atoms with E-state index in [2.05, 4.69) is 5.32 Å². The number of nitrogens with one attached hydrogen (secondary N) is 1. The molecule has 2 aromatic carbocycles. The predicted octanol–water partition coefficient (Wildman–Crippen LogP) is 2.58. The fourth-order valence-electron chi connectivity index (χ4n) is 2.38. The summed E-state index contributed by atoms with van der Waals surface area (Å²) in [6, 6.07) is 13.6. The zero-order chi connectivity index (χ0) is 18.6. The Balaban J connectivity index is 2.22. The van der Waals surface area contributed by atoms with Gasteiger partial charge in [0.25, 0.3) is 0 Å². The third kappa shape index (κ3) is 4.81. The van der Waals surface area contributed by atoms with Gasteiger partial charge in [-0.05, 0) is 49.7 Å². The van der Waals surface area contributed by atoms with Gasteiger partial charge in [-0.25, -0.2) is 8.42 Å². The van der Waals surface area contributed by atoms with E-state index in [9.17, 15) is 13.2 Å². The quantitative estimate of drug-likeness (QED) is 0.890. The molecule has 0 bridgehead atoms. The monoisotopic (exact) mass is 357 g/mol. The Hall–Kier alpha value is -2.85. The summed E-state index contributed by atoms with van der Waals surface area (Å²) in [4.78, 5) is 12.3. The molecule has 6 nitrogen and oxygen atoms in total. The lowest BCUT2D eigenvalue weighted by Gasteiger charge is -2.22. The number of carbonyl (C=O) groups excluding carboxylic acids is 1. The fraction of sp³-hybridized carbons (Fsp3) is 0.222. The number of nitriles is 1. The van der Waals surface area contributed by atoms with Gasteiger partial charge >= 0.3 is 0 Å². The highest BCUT2D eigenvalue weighted by Crippen LogP contribution is 2.19. The van der Waals surface area contributed by atoms with Crippen LogP contribution in [0.2, 0.25) is 0 Å². The second-order valence-corrected chi connectivity index (χ2v) is 7.70. The van der Waals surface area contributed by atoms with E-state index in [4.69, 9.17) is 5.26 Å². The summed E-state index contributed by atoms with van der Waals surface area (Å²) in [7, 11) is -3.65. The van der Waals surface area contributed by atoms with Crippen LogP contribution in [-0.4, -0.2) is 27.1 Å². The third-order valence-corrected chi connectivity index (χ3v) is 4.77. The van der Waals surface area contributed by atoms with Gasteiger partial charge in [-0.1, -0.05) is 17.7 Å². The fourth-order valence-corrected chi connectivity index (χ4v) is 3.23. The molecular formula is C18H19N3O3S. The summed E-state index contributed by atoms with van der Waals surface area (Å²) >= 11 is 0. The number of hydrogen-bond donors (Lipinski definition) is 1. The number of benzene rings is 2. The SMILES string of the molecule is Cc1ccc(NC(=O)CN(c2ccc(C#N)cc2)S(C)(=O)=O)c(C)c1. The molecule has 0 aliphatic carbocycles. The summed E-state index contributed by atoms with van der Waals surface area (Å²) < 4.78 is 25.1. The van der Waals surface area contributed by atoms with Crippen molar-refractivity contribution in [2.45, 2.75) is 13.8 Å². The zero-order valence-electron chi connectivity index (χ0n) is 14.3. The van der Waals surface area contributed by atoms with Crippen molar-refractivity contribution < 1.29 is 13.2 Å². The maximum atomic E-state index is 12.3. The number of nitrogens with zero attached hydrogens (tertiary/aromatic N) is 2. The predicted molar refractivity (Wildman–Crippen MR) is 97.9 cm³/mol. The first-order chi connectivity index (χ1) is 11.7. The summed E-state index contributed by atoms with van der Waals surface area (Å²) in [5, 5.41) is 11.6. The van der Waals surface area contributed by atoms with Crippen LogP contribution in [0.25, 0.3) is 0 Å². The minimum Gasteiger partial charge on any atom is -0.324 e. The Morgan fingerprint density at radius 1 is 1.16 bits per heavy atom. The van der Waals surface area contributed by atoms with E-state index in [1.54, 1.807) is 6.07 Å². The second kappa shape index (κ2) is 7.36. The van der Waals surface area contributed by atoms with Gasteiger partial charge in [0.15, 0.2) is 0 Å². The summed E-state index contributed by atoms with van der Waals surface area (Å²) in [6.07, 6.45) is 1.04. The lowest BCUT2D eigenvalue weighted by atomic mass is 10.1. The smallest absolute Gasteiger partial charge is 0.245 e. The van der Waals surface area contributed by atoms with E-state index in [0.29, 0.717) is 16.9 Å². The first-order valence-electron chi connectivity index (χ1n) is 7.55. The minimum atomic E-state index is -3.65. The van der Waals surface area contributed by atoms with Crippen molar-refractivity contribution in [1.82, 2.24) is 0 Å². The molecule has 1 amide bonds. The van der Waals surface area contributed by atoms with E-state index < -0.39 is 15.9 Å². The average molecular weight is 357 g/mol. The van der Waals surface area contributed by atoms with Gasteiger partial charge in [-0.2, -0.15) is 5.26 Å². The van der Waals surface area contributed by atoms with Crippen molar-refractivity contribution in [1.29, 1.82) is 5.26 Å². The Bertz CT molecular complexity index is 929. The molecule has 1 N–H and O–H groups in total.